The van der Waals surface area contributed by atoms with Crippen LogP contribution in [-0.4, -0.2) is 36.5 Å². The zero-order valence-corrected chi connectivity index (χ0v) is 13.0. The van der Waals surface area contributed by atoms with Gasteiger partial charge in [-0.15, -0.1) is 0 Å². The van der Waals surface area contributed by atoms with Crippen LogP contribution in [0.2, 0.25) is 0 Å². The van der Waals surface area contributed by atoms with Crippen molar-refractivity contribution in [2.45, 2.75) is 50.0 Å². The summed E-state index contributed by atoms with van der Waals surface area (Å²) in [6.07, 6.45) is 2.99. The fourth-order valence-electron chi connectivity index (χ4n) is 2.47. The van der Waals surface area contributed by atoms with Gasteiger partial charge in [-0.1, -0.05) is 25.5 Å². The molecule has 5 heteroatoms. The lowest BCUT2D eigenvalue weighted by Crippen LogP contribution is -2.45. The molecule has 20 heavy (non-hydrogen) atoms. The van der Waals surface area contributed by atoms with Crippen molar-refractivity contribution < 1.29 is 13.5 Å². The van der Waals surface area contributed by atoms with E-state index in [0.29, 0.717) is 30.8 Å². The Morgan fingerprint density at radius 3 is 2.25 bits per heavy atom. The first kappa shape index (κ1) is 15.5. The van der Waals surface area contributed by atoms with Crippen LogP contribution >= 0.6 is 0 Å². The minimum Gasteiger partial charge on any atom is -0.390 e. The van der Waals surface area contributed by atoms with Gasteiger partial charge in [0, 0.05) is 13.1 Å². The van der Waals surface area contributed by atoms with Crippen LogP contribution in [0.25, 0.3) is 0 Å². The van der Waals surface area contributed by atoms with E-state index in [4.69, 9.17) is 0 Å². The van der Waals surface area contributed by atoms with E-state index in [0.717, 1.165) is 18.4 Å². The van der Waals surface area contributed by atoms with Gasteiger partial charge in [0.25, 0.3) is 0 Å². The van der Waals surface area contributed by atoms with Crippen LogP contribution in [0.1, 0.15) is 38.7 Å². The highest BCUT2D eigenvalue weighted by molar-refractivity contribution is 7.89. The molecule has 1 fully saturated rings. The van der Waals surface area contributed by atoms with Gasteiger partial charge < -0.3 is 5.11 Å². The van der Waals surface area contributed by atoms with Crippen molar-refractivity contribution in [3.05, 3.63) is 29.8 Å². The number of hydrogen-bond donors (Lipinski definition) is 1. The third-order valence-corrected chi connectivity index (χ3v) is 5.81. The van der Waals surface area contributed by atoms with Crippen LogP contribution in [0.5, 0.6) is 0 Å². The Balaban J connectivity index is 2.14. The molecule has 0 radical (unpaired) electrons. The second-order valence-corrected chi connectivity index (χ2v) is 7.73. The number of piperidine rings is 1. The first-order chi connectivity index (χ1) is 9.35. The third-order valence-electron chi connectivity index (χ3n) is 3.90. The van der Waals surface area contributed by atoms with E-state index in [2.05, 4.69) is 6.92 Å². The molecular weight excluding hydrogens is 274 g/mol. The van der Waals surface area contributed by atoms with E-state index >= 15 is 0 Å². The molecule has 0 amide bonds. The summed E-state index contributed by atoms with van der Waals surface area (Å²) in [5.74, 6) is 0. The smallest absolute Gasteiger partial charge is 0.243 e. The Labute approximate surface area is 121 Å². The molecule has 2 rings (SSSR count). The zero-order valence-electron chi connectivity index (χ0n) is 12.2. The topological polar surface area (TPSA) is 57.6 Å². The summed E-state index contributed by atoms with van der Waals surface area (Å²) in [5.41, 5.74) is 0.421. The summed E-state index contributed by atoms with van der Waals surface area (Å²) in [7, 11) is -3.42. The van der Waals surface area contributed by atoms with Crippen molar-refractivity contribution in [3.8, 4) is 0 Å². The summed E-state index contributed by atoms with van der Waals surface area (Å²) in [6, 6.07) is 7.15. The molecule has 0 unspecified atom stereocenters. The fraction of sp³-hybridized carbons (Fsp3) is 0.600. The van der Waals surface area contributed by atoms with Crippen LogP contribution < -0.4 is 0 Å². The molecule has 1 aromatic rings. The Morgan fingerprint density at radius 1 is 1.20 bits per heavy atom. The maximum absolute atomic E-state index is 12.5. The highest BCUT2D eigenvalue weighted by Crippen LogP contribution is 2.26. The normalized spacial score (nSPS) is 19.9. The minimum atomic E-state index is -3.42. The molecule has 0 bridgehead atoms. The van der Waals surface area contributed by atoms with E-state index < -0.39 is 15.6 Å². The standard InChI is InChI=1S/C15H23NO3S/c1-3-4-13-5-7-14(8-6-13)20(18,19)16-11-9-15(2,17)10-12-16/h5-8,17H,3-4,9-12H2,1-2H3. The second kappa shape index (κ2) is 5.84. The average molecular weight is 297 g/mol. The minimum absolute atomic E-state index is 0.346. The summed E-state index contributed by atoms with van der Waals surface area (Å²) in [4.78, 5) is 0.346. The van der Waals surface area contributed by atoms with Gasteiger partial charge in [-0.3, -0.25) is 0 Å². The van der Waals surface area contributed by atoms with Gasteiger partial charge in [0.2, 0.25) is 10.0 Å². The van der Waals surface area contributed by atoms with Gasteiger partial charge in [0.15, 0.2) is 0 Å². The summed E-state index contributed by atoms with van der Waals surface area (Å²) >= 11 is 0. The number of hydrogen-bond acceptors (Lipinski definition) is 3. The maximum Gasteiger partial charge on any atom is 0.243 e. The highest BCUT2D eigenvalue weighted by Gasteiger charge is 2.33. The van der Waals surface area contributed by atoms with Crippen LogP contribution in [0.3, 0.4) is 0 Å². The lowest BCUT2D eigenvalue weighted by molar-refractivity contribution is 0.0126. The Hall–Kier alpha value is -0.910. The molecule has 1 aliphatic heterocycles. The summed E-state index contributed by atoms with van der Waals surface area (Å²) < 4.78 is 26.5. The second-order valence-electron chi connectivity index (χ2n) is 5.79. The van der Waals surface area contributed by atoms with Crippen molar-refractivity contribution in [1.29, 1.82) is 0 Å². The monoisotopic (exact) mass is 297 g/mol. The molecule has 0 aromatic heterocycles. The number of nitrogens with zero attached hydrogens (tertiary/aromatic N) is 1. The van der Waals surface area contributed by atoms with Crippen LogP contribution in [0.4, 0.5) is 0 Å². The van der Waals surface area contributed by atoms with Gasteiger partial charge in [-0.2, -0.15) is 4.31 Å². The van der Waals surface area contributed by atoms with Gasteiger partial charge >= 0.3 is 0 Å². The molecule has 1 saturated heterocycles. The quantitative estimate of drug-likeness (QED) is 0.926. The number of rotatable bonds is 4. The average Bonchev–Trinajstić information content (AvgIpc) is 2.39. The van der Waals surface area contributed by atoms with Gasteiger partial charge in [0.1, 0.15) is 0 Å². The molecule has 1 aromatic carbocycles. The number of sulfonamides is 1. The van der Waals surface area contributed by atoms with E-state index in [1.807, 2.05) is 12.1 Å². The molecule has 0 aliphatic carbocycles. The molecule has 0 saturated carbocycles. The lowest BCUT2D eigenvalue weighted by Gasteiger charge is -2.34. The molecule has 112 valence electrons. The first-order valence-electron chi connectivity index (χ1n) is 7.17. The molecule has 1 heterocycles. The van der Waals surface area contributed by atoms with Gasteiger partial charge in [-0.25, -0.2) is 8.42 Å². The number of aryl methyl sites for hydroxylation is 1. The highest BCUT2D eigenvalue weighted by atomic mass is 32.2. The summed E-state index contributed by atoms with van der Waals surface area (Å²) in [5, 5.41) is 9.90. The lowest BCUT2D eigenvalue weighted by atomic mass is 9.95. The fourth-order valence-corrected chi connectivity index (χ4v) is 3.92. The summed E-state index contributed by atoms with van der Waals surface area (Å²) in [6.45, 7) is 4.62. The van der Waals surface area contributed by atoms with Crippen molar-refractivity contribution in [2.75, 3.05) is 13.1 Å². The molecule has 1 N–H and O–H groups in total. The van der Waals surface area contributed by atoms with Crippen molar-refractivity contribution >= 4 is 10.0 Å². The Morgan fingerprint density at radius 2 is 1.75 bits per heavy atom. The van der Waals surface area contributed by atoms with E-state index in [1.165, 1.54) is 4.31 Å². The largest absolute Gasteiger partial charge is 0.390 e. The van der Waals surface area contributed by atoms with E-state index in [-0.39, 0.29) is 0 Å². The molecule has 1 aliphatic rings. The molecule has 4 nitrogen and oxygen atoms in total. The van der Waals surface area contributed by atoms with E-state index in [1.54, 1.807) is 19.1 Å². The van der Waals surface area contributed by atoms with Crippen molar-refractivity contribution in [3.63, 3.8) is 0 Å². The Kier molecular flexibility index (Phi) is 4.52. The van der Waals surface area contributed by atoms with Gasteiger partial charge in [-0.05, 0) is 43.9 Å². The predicted molar refractivity (Wildman–Crippen MR) is 79.1 cm³/mol. The van der Waals surface area contributed by atoms with Crippen molar-refractivity contribution in [2.24, 2.45) is 0 Å². The van der Waals surface area contributed by atoms with Gasteiger partial charge in [0.05, 0.1) is 10.5 Å². The van der Waals surface area contributed by atoms with Crippen LogP contribution in [-0.2, 0) is 16.4 Å². The van der Waals surface area contributed by atoms with Crippen LogP contribution in [0, 0.1) is 0 Å². The molecular formula is C15H23NO3S. The number of aliphatic hydroxyl groups is 1. The number of benzene rings is 1. The van der Waals surface area contributed by atoms with E-state index in [9.17, 15) is 13.5 Å². The van der Waals surface area contributed by atoms with Crippen LogP contribution in [0.15, 0.2) is 29.2 Å². The SMILES string of the molecule is CCCc1ccc(S(=O)(=O)N2CCC(C)(O)CC2)cc1. The Bertz CT molecular complexity index is 539. The zero-order chi connectivity index (χ0) is 14.8. The first-order valence-corrected chi connectivity index (χ1v) is 8.61. The molecule has 0 spiro atoms. The molecule has 0 atom stereocenters. The maximum atomic E-state index is 12.5. The van der Waals surface area contributed by atoms with Crippen molar-refractivity contribution in [1.82, 2.24) is 4.31 Å². The third kappa shape index (κ3) is 3.40. The predicted octanol–water partition coefficient (Wildman–Crippen LogP) is 2.17.